The van der Waals surface area contributed by atoms with Gasteiger partial charge in [0.25, 0.3) is 0 Å². The Hall–Kier alpha value is -3.47. The van der Waals surface area contributed by atoms with E-state index in [1.165, 1.54) is 28.6 Å². The van der Waals surface area contributed by atoms with Crippen molar-refractivity contribution in [2.75, 3.05) is 25.4 Å². The summed E-state index contributed by atoms with van der Waals surface area (Å²) in [5.41, 5.74) is 12.3. The summed E-state index contributed by atoms with van der Waals surface area (Å²) in [5, 5.41) is 14.8. The van der Waals surface area contributed by atoms with Gasteiger partial charge >= 0.3 is 0 Å². The molecule has 6 N–H and O–H groups in total. The summed E-state index contributed by atoms with van der Waals surface area (Å²) in [6.45, 7) is 4.03. The number of benzene rings is 3. The van der Waals surface area contributed by atoms with E-state index in [0.717, 1.165) is 10.8 Å². The second-order valence-corrected chi connectivity index (χ2v) is 12.0. The standard InChI is InChI=1S/C29H38N4O5S/c1-20(2)18-33(39(37,38)26-14-12-24(30)13-15-26)25(19-34)9-5-6-16-32-29(36)27(28(31)35)23-11-10-21-7-3-4-8-22(21)17-23/h3-4,7-8,10-15,17,20,25,27,34H,5-6,9,16,18-19,30H2,1-2H3,(H2,31,35)(H,32,36). The fraction of sp³-hybridized carbons (Fsp3) is 0.379. The molecule has 0 aliphatic rings. The smallest absolute Gasteiger partial charge is 0.243 e. The number of carbonyl (C=O) groups is 2. The van der Waals surface area contributed by atoms with Gasteiger partial charge in [-0.15, -0.1) is 0 Å². The summed E-state index contributed by atoms with van der Waals surface area (Å²) in [4.78, 5) is 25.1. The number of aliphatic hydroxyl groups is 1. The van der Waals surface area contributed by atoms with E-state index < -0.39 is 33.8 Å². The monoisotopic (exact) mass is 554 g/mol. The lowest BCUT2D eigenvalue weighted by atomic mass is 9.95. The largest absolute Gasteiger partial charge is 0.399 e. The lowest BCUT2D eigenvalue weighted by Crippen LogP contribution is -2.44. The molecule has 2 unspecified atom stereocenters. The van der Waals surface area contributed by atoms with Crippen LogP contribution >= 0.6 is 0 Å². The molecule has 0 saturated carbocycles. The minimum Gasteiger partial charge on any atom is -0.399 e. The molecular weight excluding hydrogens is 516 g/mol. The normalized spacial score (nSPS) is 13.5. The van der Waals surface area contributed by atoms with Crippen LogP contribution in [0.1, 0.15) is 44.6 Å². The second-order valence-electron chi connectivity index (χ2n) is 10.1. The molecule has 10 heteroatoms. The third-order valence-corrected chi connectivity index (χ3v) is 8.50. The molecule has 3 aromatic rings. The predicted molar refractivity (Wildman–Crippen MR) is 153 cm³/mol. The highest BCUT2D eigenvalue weighted by Crippen LogP contribution is 2.24. The fourth-order valence-electron chi connectivity index (χ4n) is 4.56. The molecule has 0 heterocycles. The van der Waals surface area contributed by atoms with E-state index in [1.54, 1.807) is 12.1 Å². The van der Waals surface area contributed by atoms with Crippen LogP contribution in [-0.4, -0.2) is 55.4 Å². The van der Waals surface area contributed by atoms with Crippen molar-refractivity contribution in [3.63, 3.8) is 0 Å². The summed E-state index contributed by atoms with van der Waals surface area (Å²) < 4.78 is 28.1. The van der Waals surface area contributed by atoms with Crippen molar-refractivity contribution >= 4 is 38.3 Å². The quantitative estimate of drug-likeness (QED) is 0.136. The number of sulfonamides is 1. The van der Waals surface area contributed by atoms with Crippen LogP contribution in [0.2, 0.25) is 0 Å². The highest BCUT2D eigenvalue weighted by Gasteiger charge is 2.31. The summed E-state index contributed by atoms with van der Waals surface area (Å²) >= 11 is 0. The molecule has 0 radical (unpaired) electrons. The minimum atomic E-state index is -3.85. The van der Waals surface area contributed by atoms with Gasteiger partial charge in [-0.3, -0.25) is 9.59 Å². The average molecular weight is 555 g/mol. The van der Waals surface area contributed by atoms with E-state index in [2.05, 4.69) is 5.32 Å². The number of unbranched alkanes of at least 4 members (excludes halogenated alkanes) is 1. The van der Waals surface area contributed by atoms with E-state index in [1.807, 2.05) is 44.2 Å². The summed E-state index contributed by atoms with van der Waals surface area (Å²) in [5.74, 6) is -2.29. The molecule has 3 aromatic carbocycles. The number of aliphatic hydroxyl groups excluding tert-OH is 1. The molecule has 0 fully saturated rings. The Morgan fingerprint density at radius 3 is 2.26 bits per heavy atom. The van der Waals surface area contributed by atoms with Crippen LogP contribution in [0, 0.1) is 5.92 Å². The number of hydrogen-bond donors (Lipinski definition) is 4. The Labute approximate surface area is 230 Å². The number of nitrogens with two attached hydrogens (primary N) is 2. The van der Waals surface area contributed by atoms with E-state index in [0.29, 0.717) is 30.5 Å². The van der Waals surface area contributed by atoms with Crippen molar-refractivity contribution in [2.24, 2.45) is 11.7 Å². The zero-order valence-electron chi connectivity index (χ0n) is 22.4. The number of nitrogen functional groups attached to an aromatic ring is 1. The first kappa shape index (κ1) is 30.1. The third kappa shape index (κ3) is 7.78. The van der Waals surface area contributed by atoms with Gasteiger partial charge in [-0.05, 0) is 65.4 Å². The lowest BCUT2D eigenvalue weighted by Gasteiger charge is -2.31. The van der Waals surface area contributed by atoms with Crippen LogP contribution in [0.5, 0.6) is 0 Å². The number of fused-ring (bicyclic) bond motifs is 1. The number of carbonyl (C=O) groups excluding carboxylic acids is 2. The number of nitrogens with one attached hydrogen (secondary N) is 1. The molecule has 0 aromatic heterocycles. The van der Waals surface area contributed by atoms with Gasteiger partial charge in [0, 0.05) is 24.8 Å². The molecule has 9 nitrogen and oxygen atoms in total. The van der Waals surface area contributed by atoms with E-state index >= 15 is 0 Å². The molecule has 0 saturated heterocycles. The molecule has 2 atom stereocenters. The third-order valence-electron chi connectivity index (χ3n) is 6.57. The van der Waals surface area contributed by atoms with Crippen LogP contribution in [0.3, 0.4) is 0 Å². The predicted octanol–water partition coefficient (Wildman–Crippen LogP) is 2.99. The summed E-state index contributed by atoms with van der Waals surface area (Å²) in [7, 11) is -3.85. The lowest BCUT2D eigenvalue weighted by molar-refractivity contribution is -0.129. The fourth-order valence-corrected chi connectivity index (χ4v) is 6.37. The van der Waals surface area contributed by atoms with Crippen LogP contribution < -0.4 is 16.8 Å². The molecule has 0 aliphatic carbocycles. The first-order chi connectivity index (χ1) is 18.5. The number of nitrogens with zero attached hydrogens (tertiary/aromatic N) is 1. The van der Waals surface area contributed by atoms with Gasteiger partial charge in [-0.1, -0.05) is 56.7 Å². The topological polar surface area (TPSA) is 156 Å². The number of hydrogen-bond acceptors (Lipinski definition) is 6. The summed E-state index contributed by atoms with van der Waals surface area (Å²) in [6.07, 6.45) is 1.48. The van der Waals surface area contributed by atoms with Gasteiger partial charge in [0.2, 0.25) is 21.8 Å². The Morgan fingerprint density at radius 1 is 0.974 bits per heavy atom. The molecule has 0 aliphatic heterocycles. The summed E-state index contributed by atoms with van der Waals surface area (Å²) in [6, 6.07) is 18.4. The maximum absolute atomic E-state index is 13.4. The van der Waals surface area contributed by atoms with Gasteiger partial charge in [0.05, 0.1) is 11.5 Å². The maximum Gasteiger partial charge on any atom is 0.243 e. The first-order valence-corrected chi connectivity index (χ1v) is 14.5. The maximum atomic E-state index is 13.4. The molecule has 0 spiro atoms. The van der Waals surface area contributed by atoms with Gasteiger partial charge in [-0.25, -0.2) is 8.42 Å². The minimum absolute atomic E-state index is 0.0442. The van der Waals surface area contributed by atoms with E-state index in [4.69, 9.17) is 11.5 Å². The van der Waals surface area contributed by atoms with Crippen LogP contribution in [0.25, 0.3) is 10.8 Å². The van der Waals surface area contributed by atoms with Crippen molar-refractivity contribution < 1.29 is 23.1 Å². The SMILES string of the molecule is CC(C)CN(C(CO)CCCCNC(=O)C(C(N)=O)c1ccc2ccccc2c1)S(=O)(=O)c1ccc(N)cc1. The number of amides is 2. The van der Waals surface area contributed by atoms with Crippen molar-refractivity contribution in [3.8, 4) is 0 Å². The van der Waals surface area contributed by atoms with Crippen LogP contribution in [-0.2, 0) is 19.6 Å². The van der Waals surface area contributed by atoms with Gasteiger partial charge in [0.15, 0.2) is 0 Å². The Bertz CT molecular complexity index is 1380. The molecule has 0 bridgehead atoms. The first-order valence-electron chi connectivity index (χ1n) is 13.1. The average Bonchev–Trinajstić information content (AvgIpc) is 2.89. The molecule has 2 amide bonds. The highest BCUT2D eigenvalue weighted by atomic mass is 32.2. The molecule has 3 rings (SSSR count). The Balaban J connectivity index is 1.61. The zero-order valence-corrected chi connectivity index (χ0v) is 23.2. The zero-order chi connectivity index (χ0) is 28.6. The van der Waals surface area contributed by atoms with Gasteiger partial charge in [0.1, 0.15) is 5.92 Å². The number of rotatable bonds is 14. The number of primary amides is 1. The van der Waals surface area contributed by atoms with Gasteiger partial charge < -0.3 is 21.9 Å². The molecular formula is C29H38N4O5S. The van der Waals surface area contributed by atoms with Crippen LogP contribution in [0.4, 0.5) is 5.69 Å². The molecule has 210 valence electrons. The van der Waals surface area contributed by atoms with Crippen LogP contribution in [0.15, 0.2) is 71.6 Å². The van der Waals surface area contributed by atoms with Gasteiger partial charge in [-0.2, -0.15) is 4.31 Å². The van der Waals surface area contributed by atoms with Crippen molar-refractivity contribution in [1.82, 2.24) is 9.62 Å². The van der Waals surface area contributed by atoms with Crippen molar-refractivity contribution in [1.29, 1.82) is 0 Å². The molecule has 39 heavy (non-hydrogen) atoms. The Morgan fingerprint density at radius 2 is 1.64 bits per heavy atom. The Kier molecular flexibility index (Phi) is 10.4. The second kappa shape index (κ2) is 13.5. The van der Waals surface area contributed by atoms with E-state index in [-0.39, 0.29) is 30.5 Å². The highest BCUT2D eigenvalue weighted by molar-refractivity contribution is 7.89. The van der Waals surface area contributed by atoms with Crippen molar-refractivity contribution in [2.45, 2.75) is 50.0 Å². The number of anilines is 1. The van der Waals surface area contributed by atoms with Crippen molar-refractivity contribution in [3.05, 3.63) is 72.3 Å². The van der Waals surface area contributed by atoms with E-state index in [9.17, 15) is 23.1 Å².